The molecule has 0 amide bonds. The van der Waals surface area contributed by atoms with Crippen molar-refractivity contribution in [3.8, 4) is 0 Å². The van der Waals surface area contributed by atoms with Crippen LogP contribution >= 0.6 is 15.9 Å². The van der Waals surface area contributed by atoms with Crippen molar-refractivity contribution in [3.05, 3.63) is 22.6 Å². The van der Waals surface area contributed by atoms with Crippen LogP contribution < -0.4 is 5.73 Å². The molecule has 1 aromatic rings. The molecule has 1 heterocycles. The second-order valence-electron chi connectivity index (χ2n) is 6.27. The van der Waals surface area contributed by atoms with Gasteiger partial charge in [-0.05, 0) is 53.1 Å². The van der Waals surface area contributed by atoms with Crippen LogP contribution in [0.4, 0.5) is 0 Å². The molecule has 1 unspecified atom stereocenters. The Morgan fingerprint density at radius 2 is 2.00 bits per heavy atom. The normalized spacial score (nSPS) is 23.8. The summed E-state index contributed by atoms with van der Waals surface area (Å²) in [6, 6.07) is 1.82. The fourth-order valence-corrected chi connectivity index (χ4v) is 3.21. The third-order valence-corrected chi connectivity index (χ3v) is 5.13. The van der Waals surface area contributed by atoms with E-state index in [-0.39, 0.29) is 5.41 Å². The van der Waals surface area contributed by atoms with Crippen molar-refractivity contribution < 1.29 is 9.52 Å². The number of nitrogens with two attached hydrogens (primary N) is 1. The summed E-state index contributed by atoms with van der Waals surface area (Å²) < 4.78 is 6.23. The summed E-state index contributed by atoms with van der Waals surface area (Å²) in [6.45, 7) is 5.06. The van der Waals surface area contributed by atoms with Crippen molar-refractivity contribution in [2.45, 2.75) is 45.6 Å². The van der Waals surface area contributed by atoms with Crippen molar-refractivity contribution in [2.24, 2.45) is 16.6 Å². The number of hydrogen-bond donors (Lipinski definition) is 2. The van der Waals surface area contributed by atoms with Crippen molar-refractivity contribution in [2.75, 3.05) is 6.54 Å². The number of halogens is 1. The van der Waals surface area contributed by atoms with E-state index in [1.54, 1.807) is 6.26 Å². The van der Waals surface area contributed by atoms with Gasteiger partial charge in [0.25, 0.3) is 0 Å². The number of rotatable bonds is 3. The van der Waals surface area contributed by atoms with Crippen LogP contribution in [0.3, 0.4) is 0 Å². The summed E-state index contributed by atoms with van der Waals surface area (Å²) in [7, 11) is 0. The van der Waals surface area contributed by atoms with Crippen LogP contribution in [0.1, 0.15) is 51.4 Å². The average Bonchev–Trinajstić information content (AvgIpc) is 2.75. The molecule has 0 spiro atoms. The van der Waals surface area contributed by atoms with Gasteiger partial charge in [0.2, 0.25) is 0 Å². The zero-order chi connectivity index (χ0) is 13.4. The van der Waals surface area contributed by atoms with Crippen LogP contribution in [-0.4, -0.2) is 11.7 Å². The lowest BCUT2D eigenvalue weighted by atomic mass is 9.62. The highest BCUT2D eigenvalue weighted by molar-refractivity contribution is 9.10. The van der Waals surface area contributed by atoms with Crippen LogP contribution in [0.2, 0.25) is 0 Å². The van der Waals surface area contributed by atoms with E-state index in [9.17, 15) is 5.11 Å². The summed E-state index contributed by atoms with van der Waals surface area (Å²) in [5.74, 6) is 0.611. The molecule has 0 aromatic carbocycles. The lowest BCUT2D eigenvalue weighted by Crippen LogP contribution is -2.41. The first kappa shape index (κ1) is 14.1. The molecular weight excluding hydrogens is 294 g/mol. The van der Waals surface area contributed by atoms with Gasteiger partial charge in [0.15, 0.2) is 0 Å². The van der Waals surface area contributed by atoms with Crippen LogP contribution in [0.5, 0.6) is 0 Å². The molecule has 0 radical (unpaired) electrons. The topological polar surface area (TPSA) is 59.4 Å². The number of furan rings is 1. The molecule has 0 aliphatic heterocycles. The second kappa shape index (κ2) is 4.99. The second-order valence-corrected chi connectivity index (χ2v) is 7.12. The molecule has 1 fully saturated rings. The number of aliphatic hydroxyl groups excluding tert-OH is 1. The van der Waals surface area contributed by atoms with Crippen molar-refractivity contribution in [3.63, 3.8) is 0 Å². The standard InChI is InChI=1S/C14H22BrNO2/c1-13(2)4-6-14(9-16,7-5-13)12(17)11-10(15)3-8-18-11/h3,8,12,17H,4-7,9,16H2,1-2H3. The Morgan fingerprint density at radius 3 is 2.44 bits per heavy atom. The average molecular weight is 316 g/mol. The molecule has 18 heavy (non-hydrogen) atoms. The summed E-state index contributed by atoms with van der Waals surface area (Å²) in [5.41, 5.74) is 6.09. The predicted molar refractivity (Wildman–Crippen MR) is 75.1 cm³/mol. The van der Waals surface area contributed by atoms with Crippen LogP contribution in [-0.2, 0) is 0 Å². The molecule has 3 N–H and O–H groups in total. The maximum absolute atomic E-state index is 10.6. The van der Waals surface area contributed by atoms with Gasteiger partial charge in [-0.25, -0.2) is 0 Å². The molecule has 0 bridgehead atoms. The maximum atomic E-state index is 10.6. The molecule has 102 valence electrons. The third-order valence-electron chi connectivity index (χ3n) is 4.48. The fourth-order valence-electron chi connectivity index (χ4n) is 2.79. The first-order chi connectivity index (χ1) is 8.40. The smallest absolute Gasteiger partial charge is 0.147 e. The summed E-state index contributed by atoms with van der Waals surface area (Å²) in [6.07, 6.45) is 5.07. The minimum Gasteiger partial charge on any atom is -0.465 e. The molecule has 1 atom stereocenters. The highest BCUT2D eigenvalue weighted by Crippen LogP contribution is 2.51. The molecule has 0 saturated heterocycles. The lowest BCUT2D eigenvalue weighted by Gasteiger charge is -2.45. The van der Waals surface area contributed by atoms with Gasteiger partial charge in [-0.3, -0.25) is 0 Å². The monoisotopic (exact) mass is 315 g/mol. The molecule has 4 heteroatoms. The Morgan fingerprint density at radius 1 is 1.39 bits per heavy atom. The minimum absolute atomic E-state index is 0.240. The Labute approximate surface area is 117 Å². The van der Waals surface area contributed by atoms with E-state index in [2.05, 4.69) is 29.8 Å². The minimum atomic E-state index is -0.622. The van der Waals surface area contributed by atoms with Crippen molar-refractivity contribution >= 4 is 15.9 Å². The predicted octanol–water partition coefficient (Wildman–Crippen LogP) is 3.62. The van der Waals surface area contributed by atoms with Gasteiger partial charge in [-0.15, -0.1) is 0 Å². The van der Waals surface area contributed by atoms with Gasteiger partial charge in [0, 0.05) is 12.0 Å². The van der Waals surface area contributed by atoms with E-state index in [1.165, 1.54) is 0 Å². The van der Waals surface area contributed by atoms with Gasteiger partial charge >= 0.3 is 0 Å². The first-order valence-electron chi connectivity index (χ1n) is 6.51. The molecule has 2 rings (SSSR count). The van der Waals surface area contributed by atoms with Gasteiger partial charge < -0.3 is 15.3 Å². The SMILES string of the molecule is CC1(C)CCC(CN)(C(O)c2occc2Br)CC1. The quantitative estimate of drug-likeness (QED) is 0.895. The molecule has 1 saturated carbocycles. The summed E-state index contributed by atoms with van der Waals surface area (Å²) in [4.78, 5) is 0. The van der Waals surface area contributed by atoms with Gasteiger partial charge in [-0.1, -0.05) is 13.8 Å². The van der Waals surface area contributed by atoms with E-state index in [0.717, 1.165) is 30.2 Å². The Kier molecular flexibility index (Phi) is 3.90. The highest BCUT2D eigenvalue weighted by Gasteiger charge is 2.44. The number of aliphatic hydroxyl groups is 1. The van der Waals surface area contributed by atoms with Crippen molar-refractivity contribution in [1.82, 2.24) is 0 Å². The zero-order valence-electron chi connectivity index (χ0n) is 11.1. The Balaban J connectivity index is 2.21. The van der Waals surface area contributed by atoms with E-state index >= 15 is 0 Å². The van der Waals surface area contributed by atoms with Crippen molar-refractivity contribution in [1.29, 1.82) is 0 Å². The Hall–Kier alpha value is -0.320. The molecule has 1 aliphatic rings. The molecular formula is C14H22BrNO2. The molecule has 3 nitrogen and oxygen atoms in total. The van der Waals surface area contributed by atoms with E-state index in [0.29, 0.717) is 17.7 Å². The van der Waals surface area contributed by atoms with Gasteiger partial charge in [-0.2, -0.15) is 0 Å². The lowest BCUT2D eigenvalue weighted by molar-refractivity contribution is -0.0352. The van der Waals surface area contributed by atoms with Crippen LogP contribution in [0.15, 0.2) is 21.2 Å². The van der Waals surface area contributed by atoms with E-state index < -0.39 is 6.10 Å². The maximum Gasteiger partial charge on any atom is 0.147 e. The largest absolute Gasteiger partial charge is 0.465 e. The summed E-state index contributed by atoms with van der Waals surface area (Å²) >= 11 is 3.41. The first-order valence-corrected chi connectivity index (χ1v) is 7.31. The van der Waals surface area contributed by atoms with Gasteiger partial charge in [0.1, 0.15) is 11.9 Å². The van der Waals surface area contributed by atoms with Gasteiger partial charge in [0.05, 0.1) is 10.7 Å². The Bertz CT molecular complexity index is 404. The fraction of sp³-hybridized carbons (Fsp3) is 0.714. The van der Waals surface area contributed by atoms with Crippen LogP contribution in [0.25, 0.3) is 0 Å². The molecule has 1 aliphatic carbocycles. The highest BCUT2D eigenvalue weighted by atomic mass is 79.9. The third kappa shape index (κ3) is 2.51. The number of hydrogen-bond acceptors (Lipinski definition) is 3. The zero-order valence-corrected chi connectivity index (χ0v) is 12.7. The van der Waals surface area contributed by atoms with E-state index in [4.69, 9.17) is 10.2 Å². The summed E-state index contributed by atoms with van der Waals surface area (Å²) in [5, 5.41) is 10.6. The van der Waals surface area contributed by atoms with E-state index in [1.807, 2.05) is 6.07 Å². The molecule has 1 aromatic heterocycles. The van der Waals surface area contributed by atoms with Crippen LogP contribution in [0, 0.1) is 10.8 Å².